The molecule has 0 saturated heterocycles. The van der Waals surface area contributed by atoms with E-state index in [0.29, 0.717) is 17.5 Å². The number of benzene rings is 7. The highest BCUT2D eigenvalue weighted by molar-refractivity contribution is 7.26. The highest BCUT2D eigenvalue weighted by Gasteiger charge is 2.22. The summed E-state index contributed by atoms with van der Waals surface area (Å²) in [5.41, 5.74) is 6.38. The van der Waals surface area contributed by atoms with Crippen molar-refractivity contribution < 1.29 is 0 Å². The molecule has 0 unspecified atom stereocenters. The van der Waals surface area contributed by atoms with Crippen molar-refractivity contribution in [1.29, 1.82) is 0 Å². The summed E-state index contributed by atoms with van der Waals surface area (Å²) in [4.78, 5) is 15.5. The number of fused-ring (bicyclic) bond motifs is 10. The van der Waals surface area contributed by atoms with Crippen molar-refractivity contribution in [2.45, 2.75) is 0 Å². The van der Waals surface area contributed by atoms with E-state index < -0.39 is 0 Å². The van der Waals surface area contributed by atoms with Crippen LogP contribution in [0.2, 0.25) is 0 Å². The molecular weight excluding hydrogens is 661 g/mol. The van der Waals surface area contributed by atoms with E-state index in [4.69, 9.17) is 15.0 Å². The van der Waals surface area contributed by atoms with Crippen LogP contribution in [0, 0.1) is 0 Å². The minimum atomic E-state index is 0.654. The standard InChI is InChI=1S/C45H26N4S2/c1-3-13-27(14-4-1)43-46-44(28-15-5-2-6-16-28)48-45(47-43)34-25-29(26-39-40(34)32-18-8-11-21-36(32)51-39)49-35-20-10-7-17-30(35)31-23-24-38-41(42(31)49)33-19-9-12-22-37(33)50-38/h1-26H. The molecule has 0 spiro atoms. The van der Waals surface area contributed by atoms with Crippen LogP contribution in [0.3, 0.4) is 0 Å². The highest BCUT2D eigenvalue weighted by atomic mass is 32.1. The third kappa shape index (κ3) is 4.40. The van der Waals surface area contributed by atoms with Crippen LogP contribution in [-0.4, -0.2) is 19.5 Å². The van der Waals surface area contributed by atoms with Gasteiger partial charge in [0.15, 0.2) is 17.5 Å². The smallest absolute Gasteiger partial charge is 0.164 e. The lowest BCUT2D eigenvalue weighted by molar-refractivity contribution is 1.07. The van der Waals surface area contributed by atoms with Gasteiger partial charge in [0.05, 0.1) is 11.0 Å². The number of para-hydroxylation sites is 1. The molecule has 0 atom stereocenters. The quantitative estimate of drug-likeness (QED) is 0.185. The maximum absolute atomic E-state index is 5.24. The number of rotatable bonds is 4. The van der Waals surface area contributed by atoms with Gasteiger partial charge in [-0.05, 0) is 36.4 Å². The normalized spacial score (nSPS) is 11.9. The Morgan fingerprint density at radius 3 is 1.63 bits per heavy atom. The van der Waals surface area contributed by atoms with Gasteiger partial charge in [0.25, 0.3) is 0 Å². The van der Waals surface area contributed by atoms with E-state index in [0.717, 1.165) is 27.8 Å². The van der Waals surface area contributed by atoms with Gasteiger partial charge in [0.2, 0.25) is 0 Å². The van der Waals surface area contributed by atoms with E-state index >= 15 is 0 Å². The topological polar surface area (TPSA) is 43.6 Å². The van der Waals surface area contributed by atoms with E-state index in [9.17, 15) is 0 Å². The fourth-order valence-electron chi connectivity index (χ4n) is 7.61. The SMILES string of the molecule is c1ccc(-c2nc(-c3ccccc3)nc(-c3cc(-n4c5ccccc5c5ccc6sc7ccccc7c6c54)cc4sc5ccccc5c34)n2)cc1. The van der Waals surface area contributed by atoms with Crippen molar-refractivity contribution in [1.82, 2.24) is 19.5 Å². The summed E-state index contributed by atoms with van der Waals surface area (Å²) < 4.78 is 7.48. The first-order valence-electron chi connectivity index (χ1n) is 16.9. The van der Waals surface area contributed by atoms with Gasteiger partial charge in [-0.1, -0.05) is 121 Å². The highest BCUT2D eigenvalue weighted by Crippen LogP contribution is 2.46. The molecule has 0 fully saturated rings. The van der Waals surface area contributed by atoms with Gasteiger partial charge < -0.3 is 4.57 Å². The van der Waals surface area contributed by atoms with Crippen LogP contribution in [0.25, 0.3) is 102 Å². The van der Waals surface area contributed by atoms with Gasteiger partial charge in [0, 0.05) is 73.5 Å². The van der Waals surface area contributed by atoms with Gasteiger partial charge in [-0.15, -0.1) is 22.7 Å². The van der Waals surface area contributed by atoms with Gasteiger partial charge in [-0.3, -0.25) is 0 Å². The molecule has 51 heavy (non-hydrogen) atoms. The Bertz CT molecular complexity index is 3080. The molecule has 0 aliphatic heterocycles. The Balaban J connectivity index is 1.29. The fourth-order valence-corrected chi connectivity index (χ4v) is 9.88. The summed E-state index contributed by atoms with van der Waals surface area (Å²) in [5, 5.41) is 7.43. The molecular formula is C45H26N4S2. The van der Waals surface area contributed by atoms with Crippen LogP contribution < -0.4 is 0 Å². The Morgan fingerprint density at radius 2 is 0.941 bits per heavy atom. The van der Waals surface area contributed by atoms with Crippen molar-refractivity contribution in [2.24, 2.45) is 0 Å². The third-order valence-corrected chi connectivity index (χ3v) is 12.1. The van der Waals surface area contributed by atoms with E-state index in [2.05, 4.69) is 126 Å². The van der Waals surface area contributed by atoms with Gasteiger partial charge in [-0.25, -0.2) is 15.0 Å². The molecule has 0 aliphatic rings. The van der Waals surface area contributed by atoms with Crippen molar-refractivity contribution in [3.63, 3.8) is 0 Å². The zero-order valence-electron chi connectivity index (χ0n) is 27.1. The second kappa shape index (κ2) is 11.2. The largest absolute Gasteiger partial charge is 0.308 e. The molecule has 0 radical (unpaired) electrons. The van der Waals surface area contributed by atoms with E-state index in [1.807, 2.05) is 59.1 Å². The van der Waals surface area contributed by atoms with Crippen LogP contribution in [0.4, 0.5) is 0 Å². The summed E-state index contributed by atoms with van der Waals surface area (Å²) in [6.07, 6.45) is 0. The molecule has 0 amide bonds. The zero-order chi connectivity index (χ0) is 33.5. The molecule has 6 heteroatoms. The summed E-state index contributed by atoms with van der Waals surface area (Å²) in [5.74, 6) is 1.96. The lowest BCUT2D eigenvalue weighted by Gasteiger charge is -2.14. The van der Waals surface area contributed by atoms with Crippen LogP contribution >= 0.6 is 22.7 Å². The number of aromatic nitrogens is 4. The first-order chi connectivity index (χ1) is 25.3. The third-order valence-electron chi connectivity index (χ3n) is 9.84. The van der Waals surface area contributed by atoms with E-state index in [-0.39, 0.29) is 0 Å². The molecule has 4 nitrogen and oxygen atoms in total. The molecule has 0 bridgehead atoms. The van der Waals surface area contributed by atoms with Gasteiger partial charge >= 0.3 is 0 Å². The summed E-state index contributed by atoms with van der Waals surface area (Å²) in [7, 11) is 0. The fraction of sp³-hybridized carbons (Fsp3) is 0. The minimum absolute atomic E-state index is 0.654. The number of nitrogens with zero attached hydrogens (tertiary/aromatic N) is 4. The van der Waals surface area contributed by atoms with Gasteiger partial charge in [-0.2, -0.15) is 0 Å². The predicted molar refractivity (Wildman–Crippen MR) is 216 cm³/mol. The molecule has 0 N–H and O–H groups in total. The monoisotopic (exact) mass is 686 g/mol. The minimum Gasteiger partial charge on any atom is -0.308 e. The summed E-state index contributed by atoms with van der Waals surface area (Å²) in [6, 6.07) is 55.9. The molecule has 11 aromatic rings. The molecule has 238 valence electrons. The molecule has 7 aromatic carbocycles. The molecule has 11 rings (SSSR count). The van der Waals surface area contributed by atoms with E-state index in [1.165, 1.54) is 56.8 Å². The van der Waals surface area contributed by atoms with Crippen molar-refractivity contribution >= 4 is 84.8 Å². The van der Waals surface area contributed by atoms with Crippen LogP contribution in [0.15, 0.2) is 158 Å². The first kappa shape index (κ1) is 28.6. The summed E-state index contributed by atoms with van der Waals surface area (Å²) >= 11 is 3.68. The number of hydrogen-bond acceptors (Lipinski definition) is 5. The second-order valence-corrected chi connectivity index (χ2v) is 15.0. The van der Waals surface area contributed by atoms with Crippen molar-refractivity contribution in [2.75, 3.05) is 0 Å². The Kier molecular flexibility index (Phi) is 6.26. The average molecular weight is 687 g/mol. The van der Waals surface area contributed by atoms with Crippen molar-refractivity contribution in [3.8, 4) is 39.9 Å². The van der Waals surface area contributed by atoms with Crippen molar-refractivity contribution in [3.05, 3.63) is 158 Å². The van der Waals surface area contributed by atoms with Crippen LogP contribution in [-0.2, 0) is 0 Å². The molecule has 0 aliphatic carbocycles. The molecule has 4 aromatic heterocycles. The number of hydrogen-bond donors (Lipinski definition) is 0. The maximum Gasteiger partial charge on any atom is 0.164 e. The maximum atomic E-state index is 5.24. The number of thiophene rings is 2. The molecule has 4 heterocycles. The lowest BCUT2D eigenvalue weighted by Crippen LogP contribution is -2.01. The van der Waals surface area contributed by atoms with Gasteiger partial charge in [0.1, 0.15) is 0 Å². The van der Waals surface area contributed by atoms with Crippen LogP contribution in [0.1, 0.15) is 0 Å². The molecule has 0 saturated carbocycles. The van der Waals surface area contributed by atoms with E-state index in [1.54, 1.807) is 0 Å². The Hall–Kier alpha value is -6.21. The summed E-state index contributed by atoms with van der Waals surface area (Å²) in [6.45, 7) is 0. The van der Waals surface area contributed by atoms with Crippen LogP contribution in [0.5, 0.6) is 0 Å². The lowest BCUT2D eigenvalue weighted by atomic mass is 10.0. The zero-order valence-corrected chi connectivity index (χ0v) is 28.7. The first-order valence-corrected chi connectivity index (χ1v) is 18.6. The second-order valence-electron chi connectivity index (χ2n) is 12.8. The Morgan fingerprint density at radius 1 is 0.392 bits per heavy atom. The predicted octanol–water partition coefficient (Wildman–Crippen LogP) is 12.7. The average Bonchev–Trinajstić information content (AvgIpc) is 3.87. The Labute approximate surface area is 300 Å².